The fourth-order valence-corrected chi connectivity index (χ4v) is 3.84. The van der Waals surface area contributed by atoms with Crippen molar-refractivity contribution in [1.82, 2.24) is 19.9 Å². The molecule has 0 unspecified atom stereocenters. The van der Waals surface area contributed by atoms with E-state index >= 15 is 0 Å². The maximum absolute atomic E-state index is 13.1. The molecular weight excluding hydrogens is 383 g/mol. The summed E-state index contributed by atoms with van der Waals surface area (Å²) in [6.45, 7) is 0.648. The van der Waals surface area contributed by atoms with E-state index in [1.807, 2.05) is 30.3 Å². The smallest absolute Gasteiger partial charge is 0.259 e. The average molecular weight is 399 g/mol. The van der Waals surface area contributed by atoms with Gasteiger partial charge in [-0.05, 0) is 36.6 Å². The number of likely N-dealkylation sites (tertiary alicyclic amines) is 1. The summed E-state index contributed by atoms with van der Waals surface area (Å²) < 4.78 is 0. The van der Waals surface area contributed by atoms with E-state index in [9.17, 15) is 4.79 Å². The Morgan fingerprint density at radius 2 is 1.96 bits per heavy atom. The lowest BCUT2D eigenvalue weighted by Gasteiger charge is -2.26. The van der Waals surface area contributed by atoms with E-state index in [0.29, 0.717) is 23.0 Å². The molecule has 0 radical (unpaired) electrons. The Kier molecular flexibility index (Phi) is 5.05. The fraction of sp³-hybridized carbons (Fsp3) is 0.200. The molecule has 3 aromatic rings. The quantitative estimate of drug-likeness (QED) is 0.593. The van der Waals surface area contributed by atoms with Gasteiger partial charge in [0.25, 0.3) is 5.91 Å². The van der Waals surface area contributed by atoms with Gasteiger partial charge in [-0.15, -0.1) is 0 Å². The Morgan fingerprint density at radius 1 is 1.11 bits per heavy atom. The van der Waals surface area contributed by atoms with Crippen molar-refractivity contribution in [3.63, 3.8) is 0 Å². The van der Waals surface area contributed by atoms with E-state index in [-0.39, 0.29) is 17.1 Å². The number of pyridine rings is 1. The van der Waals surface area contributed by atoms with Gasteiger partial charge in [-0.25, -0.2) is 9.97 Å². The SMILES string of the molecule is O=C(c1cnc(-c2cccnc2)nc1Cl)N1CCC[C@@H]1c1ccccc1Cl. The predicted octanol–water partition coefficient (Wildman–Crippen LogP) is 4.82. The van der Waals surface area contributed by atoms with Crippen molar-refractivity contribution in [2.24, 2.45) is 0 Å². The first-order chi connectivity index (χ1) is 13.1. The summed E-state index contributed by atoms with van der Waals surface area (Å²) in [5, 5.41) is 0.801. The molecule has 7 heteroatoms. The van der Waals surface area contributed by atoms with E-state index in [0.717, 1.165) is 24.0 Å². The molecule has 0 saturated carbocycles. The second-order valence-corrected chi connectivity index (χ2v) is 7.08. The van der Waals surface area contributed by atoms with Crippen molar-refractivity contribution in [2.75, 3.05) is 6.54 Å². The number of nitrogens with zero attached hydrogens (tertiary/aromatic N) is 4. The van der Waals surface area contributed by atoms with Gasteiger partial charge in [-0.1, -0.05) is 41.4 Å². The van der Waals surface area contributed by atoms with E-state index in [1.54, 1.807) is 23.4 Å². The fourth-order valence-electron chi connectivity index (χ4n) is 3.37. The van der Waals surface area contributed by atoms with Crippen LogP contribution in [0.15, 0.2) is 55.0 Å². The maximum Gasteiger partial charge on any atom is 0.259 e. The Bertz CT molecular complexity index is 981. The standard InChI is InChI=1S/C20H16Cl2N4O/c21-16-7-2-1-6-14(16)17-8-4-10-26(17)20(27)15-12-24-19(25-18(15)22)13-5-3-9-23-11-13/h1-3,5-7,9,11-12,17H,4,8,10H2/t17-/m1/s1. The number of amides is 1. The first kappa shape index (κ1) is 17.9. The van der Waals surface area contributed by atoms with E-state index in [1.165, 1.54) is 6.20 Å². The number of rotatable bonds is 3. The maximum atomic E-state index is 13.1. The van der Waals surface area contributed by atoms with Crippen molar-refractivity contribution < 1.29 is 4.79 Å². The molecule has 1 atom stereocenters. The first-order valence-electron chi connectivity index (χ1n) is 8.63. The molecule has 0 aliphatic carbocycles. The van der Waals surface area contributed by atoms with Crippen molar-refractivity contribution in [1.29, 1.82) is 0 Å². The number of hydrogen-bond acceptors (Lipinski definition) is 4. The van der Waals surface area contributed by atoms with Crippen LogP contribution in [0.4, 0.5) is 0 Å². The highest BCUT2D eigenvalue weighted by molar-refractivity contribution is 6.33. The summed E-state index contributed by atoms with van der Waals surface area (Å²) in [6, 6.07) is 11.2. The highest BCUT2D eigenvalue weighted by Gasteiger charge is 2.33. The van der Waals surface area contributed by atoms with E-state index < -0.39 is 0 Å². The Balaban J connectivity index is 1.63. The second kappa shape index (κ2) is 7.62. The number of aromatic nitrogens is 3. The van der Waals surface area contributed by atoms with Crippen LogP contribution in [0.25, 0.3) is 11.4 Å². The van der Waals surface area contributed by atoms with Crippen molar-refractivity contribution in [3.05, 3.63) is 76.3 Å². The minimum absolute atomic E-state index is 0.0692. The molecular formula is C20H16Cl2N4O. The number of hydrogen-bond donors (Lipinski definition) is 0. The largest absolute Gasteiger partial charge is 0.331 e. The Hall–Kier alpha value is -2.50. The summed E-state index contributed by atoms with van der Waals surface area (Å²) in [7, 11) is 0. The molecule has 1 aliphatic heterocycles. The zero-order valence-corrected chi connectivity index (χ0v) is 15.9. The Morgan fingerprint density at radius 3 is 2.70 bits per heavy atom. The molecule has 1 fully saturated rings. The number of carbonyl (C=O) groups is 1. The van der Waals surface area contributed by atoms with Crippen LogP contribution in [-0.2, 0) is 0 Å². The third-order valence-corrected chi connectivity index (χ3v) is 5.30. The highest BCUT2D eigenvalue weighted by Crippen LogP contribution is 2.37. The molecule has 1 saturated heterocycles. The second-order valence-electron chi connectivity index (χ2n) is 6.32. The van der Waals surface area contributed by atoms with E-state index in [2.05, 4.69) is 15.0 Å². The zero-order chi connectivity index (χ0) is 18.8. The molecule has 4 rings (SSSR count). The average Bonchev–Trinajstić information content (AvgIpc) is 3.18. The van der Waals surface area contributed by atoms with Crippen LogP contribution in [-0.4, -0.2) is 32.3 Å². The summed E-state index contributed by atoms with van der Waals surface area (Å²) in [5.74, 6) is 0.258. The number of benzene rings is 1. The van der Waals surface area contributed by atoms with Crippen molar-refractivity contribution in [3.8, 4) is 11.4 Å². The van der Waals surface area contributed by atoms with Crippen LogP contribution in [0.1, 0.15) is 34.8 Å². The van der Waals surface area contributed by atoms with Gasteiger partial charge in [0.2, 0.25) is 0 Å². The molecule has 0 bridgehead atoms. The molecule has 1 amide bonds. The molecule has 136 valence electrons. The lowest BCUT2D eigenvalue weighted by molar-refractivity contribution is 0.0735. The lowest BCUT2D eigenvalue weighted by Crippen LogP contribution is -2.31. The first-order valence-corrected chi connectivity index (χ1v) is 9.39. The van der Waals surface area contributed by atoms with Gasteiger partial charge in [0.15, 0.2) is 5.82 Å². The monoisotopic (exact) mass is 398 g/mol. The third kappa shape index (κ3) is 3.53. The molecule has 3 heterocycles. The molecule has 1 aliphatic rings. The molecule has 0 N–H and O–H groups in total. The predicted molar refractivity (Wildman–Crippen MR) is 105 cm³/mol. The van der Waals surface area contributed by atoms with Gasteiger partial charge < -0.3 is 4.90 Å². The van der Waals surface area contributed by atoms with Gasteiger partial charge in [-0.2, -0.15) is 0 Å². The van der Waals surface area contributed by atoms with Crippen LogP contribution in [0.5, 0.6) is 0 Å². The Labute approximate surface area is 167 Å². The molecule has 5 nitrogen and oxygen atoms in total. The van der Waals surface area contributed by atoms with Crippen LogP contribution < -0.4 is 0 Å². The van der Waals surface area contributed by atoms with Gasteiger partial charge in [0.1, 0.15) is 5.15 Å². The molecule has 27 heavy (non-hydrogen) atoms. The van der Waals surface area contributed by atoms with Gasteiger partial charge in [-0.3, -0.25) is 9.78 Å². The van der Waals surface area contributed by atoms with Crippen LogP contribution in [0.3, 0.4) is 0 Å². The van der Waals surface area contributed by atoms with Crippen molar-refractivity contribution in [2.45, 2.75) is 18.9 Å². The third-order valence-electron chi connectivity index (χ3n) is 4.67. The highest BCUT2D eigenvalue weighted by atomic mass is 35.5. The van der Waals surface area contributed by atoms with Crippen LogP contribution in [0.2, 0.25) is 10.2 Å². The van der Waals surface area contributed by atoms with Crippen molar-refractivity contribution >= 4 is 29.1 Å². The topological polar surface area (TPSA) is 59.0 Å². The minimum atomic E-state index is -0.180. The normalized spacial score (nSPS) is 16.5. The summed E-state index contributed by atoms with van der Waals surface area (Å²) in [6.07, 6.45) is 6.59. The number of halogens is 2. The van der Waals surface area contributed by atoms with Crippen LogP contribution in [0, 0.1) is 0 Å². The zero-order valence-electron chi connectivity index (χ0n) is 14.3. The van der Waals surface area contributed by atoms with Gasteiger partial charge in [0, 0.05) is 35.7 Å². The minimum Gasteiger partial charge on any atom is -0.331 e. The molecule has 0 spiro atoms. The molecule has 2 aromatic heterocycles. The molecule has 1 aromatic carbocycles. The van der Waals surface area contributed by atoms with Crippen LogP contribution >= 0.6 is 23.2 Å². The summed E-state index contributed by atoms with van der Waals surface area (Å²) in [5.41, 5.74) is 1.99. The van der Waals surface area contributed by atoms with Gasteiger partial charge in [0.05, 0.1) is 11.6 Å². The van der Waals surface area contributed by atoms with Gasteiger partial charge >= 0.3 is 0 Å². The lowest BCUT2D eigenvalue weighted by atomic mass is 10.0. The summed E-state index contributed by atoms with van der Waals surface area (Å²) in [4.78, 5) is 27.6. The summed E-state index contributed by atoms with van der Waals surface area (Å²) >= 11 is 12.7. The number of carbonyl (C=O) groups excluding carboxylic acids is 1. The van der Waals surface area contributed by atoms with E-state index in [4.69, 9.17) is 23.2 Å².